The van der Waals surface area contributed by atoms with E-state index in [9.17, 15) is 0 Å². The van der Waals surface area contributed by atoms with Crippen molar-refractivity contribution in [3.63, 3.8) is 0 Å². The van der Waals surface area contributed by atoms with Crippen LogP contribution in [0.15, 0.2) is 36.7 Å². The van der Waals surface area contributed by atoms with E-state index in [1.165, 1.54) is 6.33 Å². The zero-order valence-electron chi connectivity index (χ0n) is 8.22. The van der Waals surface area contributed by atoms with Crippen LogP contribution in [0.3, 0.4) is 0 Å². The topological polar surface area (TPSA) is 73.1 Å². The van der Waals surface area contributed by atoms with Gasteiger partial charge in [-0.1, -0.05) is 6.07 Å². The van der Waals surface area contributed by atoms with E-state index in [0.29, 0.717) is 11.7 Å². The van der Waals surface area contributed by atoms with Crippen molar-refractivity contribution >= 4 is 28.4 Å². The van der Waals surface area contributed by atoms with E-state index < -0.39 is 0 Å². The summed E-state index contributed by atoms with van der Waals surface area (Å²) >= 11 is 2.22. The summed E-state index contributed by atoms with van der Waals surface area (Å²) < 4.78 is 6.65. The molecule has 2 rings (SSSR count). The summed E-state index contributed by atoms with van der Waals surface area (Å²) in [6.45, 7) is 0. The quantitative estimate of drug-likeness (QED) is 0.513. The van der Waals surface area contributed by atoms with Gasteiger partial charge in [0.1, 0.15) is 17.9 Å². The molecule has 3 N–H and O–H groups in total. The van der Waals surface area contributed by atoms with Gasteiger partial charge in [-0.2, -0.15) is 0 Å². The van der Waals surface area contributed by atoms with Gasteiger partial charge in [-0.15, -0.1) is 0 Å². The maximum absolute atomic E-state index is 5.55. The SMILES string of the molecule is NNc1cc(Oc2cccc(I)c2)ncn1. The average molecular weight is 328 g/mol. The molecule has 0 aliphatic heterocycles. The molecule has 0 amide bonds. The lowest BCUT2D eigenvalue weighted by Crippen LogP contribution is -2.08. The Morgan fingerprint density at radius 3 is 2.88 bits per heavy atom. The number of aromatic nitrogens is 2. The minimum Gasteiger partial charge on any atom is -0.439 e. The molecule has 16 heavy (non-hydrogen) atoms. The van der Waals surface area contributed by atoms with Crippen molar-refractivity contribution in [2.45, 2.75) is 0 Å². The van der Waals surface area contributed by atoms with E-state index in [2.05, 4.69) is 38.0 Å². The van der Waals surface area contributed by atoms with Crippen molar-refractivity contribution in [3.8, 4) is 11.6 Å². The van der Waals surface area contributed by atoms with Crippen LogP contribution in [0.25, 0.3) is 0 Å². The number of anilines is 1. The van der Waals surface area contributed by atoms with E-state index in [4.69, 9.17) is 10.6 Å². The average Bonchev–Trinajstić information content (AvgIpc) is 2.29. The van der Waals surface area contributed by atoms with Crippen LogP contribution >= 0.6 is 22.6 Å². The van der Waals surface area contributed by atoms with Crippen molar-refractivity contribution in [3.05, 3.63) is 40.2 Å². The fraction of sp³-hybridized carbons (Fsp3) is 0. The highest BCUT2D eigenvalue weighted by Gasteiger charge is 2.00. The summed E-state index contributed by atoms with van der Waals surface area (Å²) in [7, 11) is 0. The lowest BCUT2D eigenvalue weighted by atomic mass is 10.3. The van der Waals surface area contributed by atoms with Crippen molar-refractivity contribution < 1.29 is 4.74 Å². The second-order valence-electron chi connectivity index (χ2n) is 2.95. The monoisotopic (exact) mass is 328 g/mol. The first kappa shape index (κ1) is 11.1. The molecule has 0 atom stereocenters. The van der Waals surface area contributed by atoms with E-state index >= 15 is 0 Å². The molecule has 0 aliphatic rings. The fourth-order valence-corrected chi connectivity index (χ4v) is 1.64. The summed E-state index contributed by atoms with van der Waals surface area (Å²) in [4.78, 5) is 7.87. The van der Waals surface area contributed by atoms with Crippen LogP contribution in [0.5, 0.6) is 11.6 Å². The second-order valence-corrected chi connectivity index (χ2v) is 4.19. The third kappa shape index (κ3) is 2.80. The van der Waals surface area contributed by atoms with Gasteiger partial charge in [0.05, 0.1) is 0 Å². The number of hydrazine groups is 1. The van der Waals surface area contributed by atoms with Gasteiger partial charge in [0.15, 0.2) is 0 Å². The molecule has 5 nitrogen and oxygen atoms in total. The van der Waals surface area contributed by atoms with Crippen molar-refractivity contribution in [1.29, 1.82) is 0 Å². The van der Waals surface area contributed by atoms with E-state index in [0.717, 1.165) is 9.32 Å². The van der Waals surface area contributed by atoms with Gasteiger partial charge in [0.25, 0.3) is 0 Å². The molecule has 1 heterocycles. The lowest BCUT2D eigenvalue weighted by Gasteiger charge is -2.05. The minimum atomic E-state index is 0.449. The molecule has 0 aliphatic carbocycles. The molecule has 0 radical (unpaired) electrons. The molecular weight excluding hydrogens is 319 g/mol. The van der Waals surface area contributed by atoms with Crippen LogP contribution in [0.1, 0.15) is 0 Å². The molecule has 6 heteroatoms. The molecule has 82 valence electrons. The molecule has 0 bridgehead atoms. The number of ether oxygens (including phenoxy) is 1. The molecular formula is C10H9IN4O. The number of hydrogen-bond donors (Lipinski definition) is 2. The van der Waals surface area contributed by atoms with E-state index in [1.807, 2.05) is 24.3 Å². The highest BCUT2D eigenvalue weighted by Crippen LogP contribution is 2.21. The Morgan fingerprint density at radius 2 is 2.12 bits per heavy atom. The molecule has 1 aromatic carbocycles. The smallest absolute Gasteiger partial charge is 0.224 e. The van der Waals surface area contributed by atoms with Gasteiger partial charge in [-0.3, -0.25) is 0 Å². The highest BCUT2D eigenvalue weighted by molar-refractivity contribution is 14.1. The molecule has 2 aromatic rings. The molecule has 0 spiro atoms. The van der Waals surface area contributed by atoms with Gasteiger partial charge in [-0.25, -0.2) is 15.8 Å². The number of nitrogens with two attached hydrogens (primary N) is 1. The Morgan fingerprint density at radius 1 is 1.25 bits per heavy atom. The summed E-state index contributed by atoms with van der Waals surface area (Å²) in [5, 5.41) is 0. The maximum atomic E-state index is 5.55. The van der Waals surface area contributed by atoms with Crippen LogP contribution in [-0.2, 0) is 0 Å². The summed E-state index contributed by atoms with van der Waals surface area (Å²) in [6.07, 6.45) is 1.39. The molecule has 1 aromatic heterocycles. The standard InChI is InChI=1S/C10H9IN4O/c11-7-2-1-3-8(4-7)16-10-5-9(15-12)13-6-14-10/h1-6H,12H2,(H,13,14,15). The van der Waals surface area contributed by atoms with Crippen molar-refractivity contribution in [1.82, 2.24) is 9.97 Å². The normalized spacial score (nSPS) is 9.88. The third-order valence-corrected chi connectivity index (χ3v) is 2.48. The zero-order chi connectivity index (χ0) is 11.4. The Hall–Kier alpha value is -1.41. The van der Waals surface area contributed by atoms with Gasteiger partial charge < -0.3 is 10.2 Å². The first-order valence-electron chi connectivity index (χ1n) is 4.50. The predicted octanol–water partition coefficient (Wildman–Crippen LogP) is 2.16. The van der Waals surface area contributed by atoms with Gasteiger partial charge in [0, 0.05) is 9.64 Å². The number of nitrogen functional groups attached to an aromatic ring is 1. The predicted molar refractivity (Wildman–Crippen MR) is 69.1 cm³/mol. The zero-order valence-corrected chi connectivity index (χ0v) is 10.4. The number of halogens is 1. The molecule has 0 unspecified atom stereocenters. The number of benzene rings is 1. The first-order chi connectivity index (χ1) is 7.78. The van der Waals surface area contributed by atoms with Crippen LogP contribution in [-0.4, -0.2) is 9.97 Å². The summed E-state index contributed by atoms with van der Waals surface area (Å²) in [6, 6.07) is 9.30. The van der Waals surface area contributed by atoms with Crippen molar-refractivity contribution in [2.75, 3.05) is 5.43 Å². The summed E-state index contributed by atoms with van der Waals surface area (Å²) in [5.41, 5.74) is 2.43. The van der Waals surface area contributed by atoms with Crippen LogP contribution < -0.4 is 16.0 Å². The van der Waals surface area contributed by atoms with Crippen LogP contribution in [0.2, 0.25) is 0 Å². The third-order valence-electron chi connectivity index (χ3n) is 1.81. The first-order valence-corrected chi connectivity index (χ1v) is 5.58. The van der Waals surface area contributed by atoms with Gasteiger partial charge >= 0.3 is 0 Å². The largest absolute Gasteiger partial charge is 0.439 e. The Bertz CT molecular complexity index is 492. The Balaban J connectivity index is 2.20. The maximum Gasteiger partial charge on any atom is 0.224 e. The highest BCUT2D eigenvalue weighted by atomic mass is 127. The number of nitrogens with zero attached hydrogens (tertiary/aromatic N) is 2. The minimum absolute atomic E-state index is 0.449. The fourth-order valence-electron chi connectivity index (χ4n) is 1.13. The summed E-state index contributed by atoms with van der Waals surface area (Å²) in [5.74, 6) is 6.93. The van der Waals surface area contributed by atoms with Crippen LogP contribution in [0, 0.1) is 3.57 Å². The number of rotatable bonds is 3. The Labute approximate surface area is 106 Å². The number of hydrogen-bond acceptors (Lipinski definition) is 5. The van der Waals surface area contributed by atoms with Gasteiger partial charge in [0.2, 0.25) is 5.88 Å². The molecule has 0 saturated carbocycles. The Kier molecular flexibility index (Phi) is 3.52. The van der Waals surface area contributed by atoms with E-state index in [1.54, 1.807) is 6.07 Å². The van der Waals surface area contributed by atoms with Crippen LogP contribution in [0.4, 0.5) is 5.82 Å². The molecule has 0 fully saturated rings. The second kappa shape index (κ2) is 5.08. The lowest BCUT2D eigenvalue weighted by molar-refractivity contribution is 0.461. The molecule has 0 saturated heterocycles. The van der Waals surface area contributed by atoms with Crippen molar-refractivity contribution in [2.24, 2.45) is 5.84 Å². The van der Waals surface area contributed by atoms with E-state index in [-0.39, 0.29) is 0 Å². The van der Waals surface area contributed by atoms with Gasteiger partial charge in [-0.05, 0) is 40.8 Å². The number of nitrogens with one attached hydrogen (secondary N) is 1.